The second-order valence-corrected chi connectivity index (χ2v) is 6.91. The molecule has 0 aliphatic heterocycles. The fraction of sp³-hybridized carbons (Fsp3) is 0.167. The maximum atomic E-state index is 12.2. The summed E-state index contributed by atoms with van der Waals surface area (Å²) in [6, 6.07) is 12.3. The van der Waals surface area contributed by atoms with Crippen LogP contribution in [0, 0.1) is 0 Å². The zero-order valence-electron chi connectivity index (χ0n) is 15.2. The highest BCUT2D eigenvalue weighted by Crippen LogP contribution is 2.32. The van der Waals surface area contributed by atoms with Gasteiger partial charge in [0.15, 0.2) is 17.3 Å². The average molecular weight is 420 g/mol. The zero-order chi connectivity index (χ0) is 20.1. The van der Waals surface area contributed by atoms with Gasteiger partial charge in [-0.1, -0.05) is 35.5 Å². The minimum atomic E-state index is -0.228. The van der Waals surface area contributed by atoms with E-state index in [1.165, 1.54) is 16.4 Å². The first kappa shape index (κ1) is 19.8. The number of methoxy groups -OCH3 is 2. The van der Waals surface area contributed by atoms with E-state index in [9.17, 15) is 4.79 Å². The molecule has 1 aromatic heterocycles. The molecule has 8 nitrogen and oxygen atoms in total. The Labute approximate surface area is 171 Å². The normalized spacial score (nSPS) is 10.5. The maximum absolute atomic E-state index is 12.2. The third-order valence-corrected chi connectivity index (χ3v) is 5.06. The van der Waals surface area contributed by atoms with E-state index in [2.05, 4.69) is 15.5 Å². The Bertz CT molecular complexity index is 995. The van der Waals surface area contributed by atoms with Crippen molar-refractivity contribution in [3.8, 4) is 22.9 Å². The summed E-state index contributed by atoms with van der Waals surface area (Å²) in [5, 5.41) is 11.8. The van der Waals surface area contributed by atoms with E-state index in [4.69, 9.17) is 26.9 Å². The Balaban J connectivity index is 1.70. The number of benzene rings is 2. The van der Waals surface area contributed by atoms with Crippen molar-refractivity contribution < 1.29 is 14.3 Å². The molecule has 0 aliphatic carbocycles. The second-order valence-electron chi connectivity index (χ2n) is 5.56. The molecule has 0 unspecified atom stereocenters. The number of thioether (sulfide) groups is 1. The molecule has 146 valence electrons. The van der Waals surface area contributed by atoms with E-state index in [1.54, 1.807) is 56.7 Å². The van der Waals surface area contributed by atoms with E-state index in [-0.39, 0.29) is 11.7 Å². The number of nitrogens with zero attached hydrogens (tertiary/aromatic N) is 3. The van der Waals surface area contributed by atoms with Crippen LogP contribution >= 0.6 is 23.4 Å². The molecule has 0 bridgehead atoms. The molecule has 3 aromatic rings. The Morgan fingerprint density at radius 2 is 1.93 bits per heavy atom. The number of nitrogens with one attached hydrogen (secondary N) is 1. The van der Waals surface area contributed by atoms with Gasteiger partial charge in [-0.05, 0) is 30.3 Å². The van der Waals surface area contributed by atoms with Gasteiger partial charge in [-0.3, -0.25) is 4.79 Å². The predicted octanol–water partition coefficient (Wildman–Crippen LogP) is 3.06. The van der Waals surface area contributed by atoms with Crippen LogP contribution in [0.15, 0.2) is 47.6 Å². The van der Waals surface area contributed by atoms with Crippen LogP contribution in [0.3, 0.4) is 0 Å². The fourth-order valence-corrected chi connectivity index (χ4v) is 3.27. The summed E-state index contributed by atoms with van der Waals surface area (Å²) in [7, 11) is 3.11. The number of carbonyl (C=O) groups excluding carboxylic acids is 1. The smallest absolute Gasteiger partial charge is 0.234 e. The molecular weight excluding hydrogens is 402 g/mol. The van der Waals surface area contributed by atoms with Gasteiger partial charge in [0.05, 0.1) is 30.7 Å². The lowest BCUT2D eigenvalue weighted by Gasteiger charge is -2.09. The predicted molar refractivity (Wildman–Crippen MR) is 110 cm³/mol. The van der Waals surface area contributed by atoms with Crippen molar-refractivity contribution in [1.82, 2.24) is 14.9 Å². The van der Waals surface area contributed by atoms with Crippen LogP contribution in [0.2, 0.25) is 5.02 Å². The summed E-state index contributed by atoms with van der Waals surface area (Å²) in [6.07, 6.45) is 0. The van der Waals surface area contributed by atoms with E-state index >= 15 is 0 Å². The summed E-state index contributed by atoms with van der Waals surface area (Å²) in [6.45, 7) is 0. The molecule has 2 aromatic carbocycles. The molecule has 0 radical (unpaired) electrons. The van der Waals surface area contributed by atoms with Crippen LogP contribution in [0.5, 0.6) is 11.5 Å². The number of anilines is 1. The third-order valence-electron chi connectivity index (χ3n) is 3.79. The molecule has 3 N–H and O–H groups in total. The van der Waals surface area contributed by atoms with Crippen LogP contribution in [-0.2, 0) is 4.79 Å². The molecule has 0 aliphatic rings. The molecule has 1 heterocycles. The standard InChI is InChI=1S/C18H18ClN5O3S/c1-26-14-8-7-11(9-15(14)27-2)17-22-23-18(24(17)20)28-10-16(25)21-13-6-4-3-5-12(13)19/h3-9H,10,20H2,1-2H3,(H,21,25). The third kappa shape index (κ3) is 4.32. The Morgan fingerprint density at radius 3 is 2.64 bits per heavy atom. The van der Waals surface area contributed by atoms with Crippen molar-refractivity contribution in [3.05, 3.63) is 47.5 Å². The number of ether oxygens (including phenoxy) is 2. The van der Waals surface area contributed by atoms with Gasteiger partial charge in [0, 0.05) is 5.56 Å². The number of nitrogens with two attached hydrogens (primary N) is 1. The average Bonchev–Trinajstić information content (AvgIpc) is 3.08. The molecule has 0 spiro atoms. The highest BCUT2D eigenvalue weighted by Gasteiger charge is 2.16. The largest absolute Gasteiger partial charge is 0.493 e. The molecule has 0 saturated heterocycles. The van der Waals surface area contributed by atoms with Gasteiger partial charge < -0.3 is 20.6 Å². The van der Waals surface area contributed by atoms with Gasteiger partial charge in [-0.2, -0.15) is 0 Å². The number of hydrogen-bond acceptors (Lipinski definition) is 7. The molecule has 0 fully saturated rings. The van der Waals surface area contributed by atoms with Crippen molar-refractivity contribution in [1.29, 1.82) is 0 Å². The number of hydrogen-bond donors (Lipinski definition) is 2. The number of amides is 1. The molecule has 10 heteroatoms. The van der Waals surface area contributed by atoms with Crippen molar-refractivity contribution in [2.75, 3.05) is 31.1 Å². The van der Waals surface area contributed by atoms with Gasteiger partial charge in [-0.25, -0.2) is 4.68 Å². The van der Waals surface area contributed by atoms with Gasteiger partial charge >= 0.3 is 0 Å². The topological polar surface area (TPSA) is 104 Å². The van der Waals surface area contributed by atoms with E-state index in [1.807, 2.05) is 0 Å². The lowest BCUT2D eigenvalue weighted by molar-refractivity contribution is -0.113. The quantitative estimate of drug-likeness (QED) is 0.448. The number of aromatic nitrogens is 3. The Morgan fingerprint density at radius 1 is 1.18 bits per heavy atom. The minimum absolute atomic E-state index is 0.104. The molecule has 0 saturated carbocycles. The zero-order valence-corrected chi connectivity index (χ0v) is 16.8. The van der Waals surface area contributed by atoms with E-state index in [0.717, 1.165) is 0 Å². The number of rotatable bonds is 7. The number of carbonyl (C=O) groups is 1. The molecule has 0 atom stereocenters. The first-order valence-corrected chi connectivity index (χ1v) is 9.50. The van der Waals surface area contributed by atoms with Gasteiger partial charge in [0.1, 0.15) is 0 Å². The number of para-hydroxylation sites is 1. The fourth-order valence-electron chi connectivity index (χ4n) is 2.43. The summed E-state index contributed by atoms with van der Waals surface area (Å²) in [5.41, 5.74) is 1.26. The van der Waals surface area contributed by atoms with Crippen molar-refractivity contribution in [2.24, 2.45) is 0 Å². The van der Waals surface area contributed by atoms with Crippen LogP contribution in [0.1, 0.15) is 0 Å². The first-order chi connectivity index (χ1) is 13.5. The lowest BCUT2D eigenvalue weighted by Crippen LogP contribution is -2.16. The van der Waals surface area contributed by atoms with Crippen molar-refractivity contribution in [2.45, 2.75) is 5.16 Å². The Hall–Kier alpha value is -2.91. The monoisotopic (exact) mass is 419 g/mol. The highest BCUT2D eigenvalue weighted by atomic mass is 35.5. The van der Waals surface area contributed by atoms with E-state index < -0.39 is 0 Å². The summed E-state index contributed by atoms with van der Waals surface area (Å²) in [5.74, 6) is 7.57. The summed E-state index contributed by atoms with van der Waals surface area (Å²) in [4.78, 5) is 12.2. The molecule has 1 amide bonds. The minimum Gasteiger partial charge on any atom is -0.493 e. The van der Waals surface area contributed by atoms with E-state index in [0.29, 0.717) is 38.8 Å². The van der Waals surface area contributed by atoms with Gasteiger partial charge in [-0.15, -0.1) is 10.2 Å². The van der Waals surface area contributed by atoms with Crippen LogP contribution in [-0.4, -0.2) is 40.8 Å². The summed E-state index contributed by atoms with van der Waals surface area (Å²) < 4.78 is 11.9. The summed E-state index contributed by atoms with van der Waals surface area (Å²) >= 11 is 7.21. The van der Waals surface area contributed by atoms with Crippen LogP contribution in [0.4, 0.5) is 5.69 Å². The van der Waals surface area contributed by atoms with Crippen LogP contribution < -0.4 is 20.6 Å². The van der Waals surface area contributed by atoms with Crippen molar-refractivity contribution >= 4 is 35.0 Å². The van der Waals surface area contributed by atoms with Gasteiger partial charge in [0.25, 0.3) is 0 Å². The molecule has 3 rings (SSSR count). The highest BCUT2D eigenvalue weighted by molar-refractivity contribution is 7.99. The SMILES string of the molecule is COc1ccc(-c2nnc(SCC(=O)Nc3ccccc3Cl)n2N)cc1OC. The van der Waals surface area contributed by atoms with Crippen LogP contribution in [0.25, 0.3) is 11.4 Å². The molecule has 28 heavy (non-hydrogen) atoms. The lowest BCUT2D eigenvalue weighted by atomic mass is 10.2. The van der Waals surface area contributed by atoms with Crippen molar-refractivity contribution in [3.63, 3.8) is 0 Å². The number of nitrogen functional groups attached to an aromatic ring is 1. The number of halogens is 1. The Kier molecular flexibility index (Phi) is 6.27. The maximum Gasteiger partial charge on any atom is 0.234 e. The second kappa shape index (κ2) is 8.85. The van der Waals surface area contributed by atoms with Gasteiger partial charge in [0.2, 0.25) is 11.1 Å². The molecular formula is C18H18ClN5O3S. The first-order valence-electron chi connectivity index (χ1n) is 8.13.